The van der Waals surface area contributed by atoms with E-state index in [9.17, 15) is 10.1 Å². The van der Waals surface area contributed by atoms with Crippen LogP contribution < -0.4 is 10.5 Å². The lowest BCUT2D eigenvalue weighted by molar-refractivity contribution is -0.384. The largest absolute Gasteiger partial charge is 0.457 e. The average molecular weight is 272 g/mol. The van der Waals surface area contributed by atoms with E-state index in [-0.39, 0.29) is 5.69 Å². The van der Waals surface area contributed by atoms with Crippen molar-refractivity contribution in [3.63, 3.8) is 0 Å². The van der Waals surface area contributed by atoms with Gasteiger partial charge in [-0.05, 0) is 31.5 Å². The van der Waals surface area contributed by atoms with Crippen LogP contribution in [0.3, 0.4) is 0 Å². The van der Waals surface area contributed by atoms with E-state index in [0.717, 1.165) is 11.1 Å². The number of nitrogens with zero attached hydrogens (tertiary/aromatic N) is 1. The Bertz CT molecular complexity index is 654. The molecule has 0 saturated carbocycles. The molecular weight excluding hydrogens is 256 g/mol. The summed E-state index contributed by atoms with van der Waals surface area (Å²) in [5.41, 5.74) is 8.48. The first kappa shape index (κ1) is 14.0. The van der Waals surface area contributed by atoms with E-state index in [0.29, 0.717) is 23.6 Å². The second-order valence-electron chi connectivity index (χ2n) is 4.62. The average Bonchev–Trinajstić information content (AvgIpc) is 2.42. The molecule has 0 aliphatic heterocycles. The van der Waals surface area contributed by atoms with Crippen molar-refractivity contribution in [2.45, 2.75) is 20.4 Å². The van der Waals surface area contributed by atoms with Crippen LogP contribution in [-0.2, 0) is 6.54 Å². The Morgan fingerprint density at radius 2 is 1.85 bits per heavy atom. The van der Waals surface area contributed by atoms with Gasteiger partial charge in [0.15, 0.2) is 0 Å². The highest BCUT2D eigenvalue weighted by molar-refractivity contribution is 5.46. The van der Waals surface area contributed by atoms with Crippen molar-refractivity contribution in [3.8, 4) is 11.5 Å². The number of hydrogen-bond acceptors (Lipinski definition) is 4. The van der Waals surface area contributed by atoms with Crippen LogP contribution >= 0.6 is 0 Å². The lowest BCUT2D eigenvalue weighted by atomic mass is 10.1. The summed E-state index contributed by atoms with van der Waals surface area (Å²) in [6.07, 6.45) is 0. The second-order valence-corrected chi connectivity index (χ2v) is 4.62. The van der Waals surface area contributed by atoms with Crippen molar-refractivity contribution in [1.82, 2.24) is 0 Å². The van der Waals surface area contributed by atoms with Crippen LogP contribution in [0.25, 0.3) is 0 Å². The normalized spacial score (nSPS) is 10.3. The molecule has 0 saturated heterocycles. The maximum absolute atomic E-state index is 10.7. The summed E-state index contributed by atoms with van der Waals surface area (Å²) in [7, 11) is 0. The smallest absolute Gasteiger partial charge is 0.269 e. The Morgan fingerprint density at radius 3 is 2.45 bits per heavy atom. The third-order valence-corrected chi connectivity index (χ3v) is 3.03. The number of benzene rings is 2. The first-order valence-electron chi connectivity index (χ1n) is 6.23. The lowest BCUT2D eigenvalue weighted by Crippen LogP contribution is -2.00. The summed E-state index contributed by atoms with van der Waals surface area (Å²) in [6, 6.07) is 10.3. The van der Waals surface area contributed by atoms with Crippen molar-refractivity contribution in [2.24, 2.45) is 5.73 Å². The quantitative estimate of drug-likeness (QED) is 0.682. The minimum absolute atomic E-state index is 0.0535. The fraction of sp³-hybridized carbons (Fsp3) is 0.200. The number of rotatable bonds is 4. The maximum Gasteiger partial charge on any atom is 0.269 e. The van der Waals surface area contributed by atoms with E-state index < -0.39 is 4.92 Å². The van der Waals surface area contributed by atoms with Gasteiger partial charge in [0.2, 0.25) is 0 Å². The molecule has 2 N–H and O–H groups in total. The summed E-state index contributed by atoms with van der Waals surface area (Å²) in [4.78, 5) is 10.3. The van der Waals surface area contributed by atoms with Gasteiger partial charge in [0.25, 0.3) is 5.69 Å². The molecule has 5 nitrogen and oxygen atoms in total. The van der Waals surface area contributed by atoms with Crippen molar-refractivity contribution in [2.75, 3.05) is 0 Å². The fourth-order valence-electron chi connectivity index (χ4n) is 1.95. The monoisotopic (exact) mass is 272 g/mol. The molecule has 0 aliphatic rings. The zero-order valence-electron chi connectivity index (χ0n) is 11.4. The summed E-state index contributed by atoms with van der Waals surface area (Å²) in [5.74, 6) is 1.27. The third kappa shape index (κ3) is 2.95. The molecule has 20 heavy (non-hydrogen) atoms. The molecule has 0 spiro atoms. The molecule has 0 radical (unpaired) electrons. The van der Waals surface area contributed by atoms with Gasteiger partial charge in [0, 0.05) is 24.2 Å². The zero-order chi connectivity index (χ0) is 14.7. The van der Waals surface area contributed by atoms with Crippen LogP contribution in [0.4, 0.5) is 5.69 Å². The number of hydrogen-bond donors (Lipinski definition) is 1. The predicted molar refractivity (Wildman–Crippen MR) is 77.0 cm³/mol. The van der Waals surface area contributed by atoms with Crippen LogP contribution in [-0.4, -0.2) is 4.92 Å². The SMILES string of the molecule is Cc1ccc(Oc2ccc([N+](=O)[O-])cc2C)c(CN)c1. The highest BCUT2D eigenvalue weighted by atomic mass is 16.6. The second kappa shape index (κ2) is 5.71. The predicted octanol–water partition coefficient (Wildman–Crippen LogP) is 3.46. The van der Waals surface area contributed by atoms with Gasteiger partial charge in [-0.3, -0.25) is 10.1 Å². The molecule has 0 atom stereocenters. The Morgan fingerprint density at radius 1 is 1.15 bits per heavy atom. The first-order valence-corrected chi connectivity index (χ1v) is 6.23. The lowest BCUT2D eigenvalue weighted by Gasteiger charge is -2.12. The molecule has 2 aromatic carbocycles. The van der Waals surface area contributed by atoms with Crippen LogP contribution in [0.1, 0.15) is 16.7 Å². The number of nitro benzene ring substituents is 1. The Labute approximate surface area is 117 Å². The highest BCUT2D eigenvalue weighted by Crippen LogP contribution is 2.30. The minimum Gasteiger partial charge on any atom is -0.457 e. The summed E-state index contributed by atoms with van der Waals surface area (Å²) in [5, 5.41) is 10.7. The van der Waals surface area contributed by atoms with E-state index >= 15 is 0 Å². The number of nitrogens with two attached hydrogens (primary N) is 1. The van der Waals surface area contributed by atoms with Crippen LogP contribution in [0.15, 0.2) is 36.4 Å². The molecular formula is C15H16N2O3. The van der Waals surface area contributed by atoms with E-state index in [1.807, 2.05) is 25.1 Å². The van der Waals surface area contributed by atoms with Gasteiger partial charge in [-0.15, -0.1) is 0 Å². The minimum atomic E-state index is -0.423. The first-order chi connectivity index (χ1) is 9.51. The highest BCUT2D eigenvalue weighted by Gasteiger charge is 2.11. The standard InChI is InChI=1S/C15H16N2O3/c1-10-3-5-15(12(7-10)9-16)20-14-6-4-13(17(18)19)8-11(14)2/h3-8H,9,16H2,1-2H3. The fourth-order valence-corrected chi connectivity index (χ4v) is 1.95. The van der Waals surface area contributed by atoms with Crippen molar-refractivity contribution >= 4 is 5.69 Å². The molecule has 104 valence electrons. The maximum atomic E-state index is 10.7. The molecule has 0 aromatic heterocycles. The topological polar surface area (TPSA) is 78.4 Å². The van der Waals surface area contributed by atoms with Crippen LogP contribution in [0, 0.1) is 24.0 Å². The molecule has 0 fully saturated rings. The molecule has 2 rings (SSSR count). The number of non-ortho nitro benzene ring substituents is 1. The Balaban J connectivity index is 2.33. The molecule has 5 heteroatoms. The van der Waals surface area contributed by atoms with Gasteiger partial charge in [-0.1, -0.05) is 17.7 Å². The van der Waals surface area contributed by atoms with Crippen LogP contribution in [0.2, 0.25) is 0 Å². The van der Waals surface area contributed by atoms with Gasteiger partial charge < -0.3 is 10.5 Å². The molecule has 0 heterocycles. The van der Waals surface area contributed by atoms with E-state index in [1.54, 1.807) is 13.0 Å². The summed E-state index contributed by atoms with van der Waals surface area (Å²) >= 11 is 0. The van der Waals surface area contributed by atoms with Gasteiger partial charge in [-0.2, -0.15) is 0 Å². The summed E-state index contributed by atoms with van der Waals surface area (Å²) < 4.78 is 5.82. The van der Waals surface area contributed by atoms with E-state index in [4.69, 9.17) is 10.5 Å². The Kier molecular flexibility index (Phi) is 4.00. The van der Waals surface area contributed by atoms with Gasteiger partial charge in [0.05, 0.1) is 4.92 Å². The van der Waals surface area contributed by atoms with Gasteiger partial charge >= 0.3 is 0 Å². The van der Waals surface area contributed by atoms with Crippen molar-refractivity contribution in [1.29, 1.82) is 0 Å². The Hall–Kier alpha value is -2.40. The molecule has 0 bridgehead atoms. The third-order valence-electron chi connectivity index (χ3n) is 3.03. The van der Waals surface area contributed by atoms with Crippen molar-refractivity contribution < 1.29 is 9.66 Å². The molecule has 2 aromatic rings. The molecule has 0 amide bonds. The van der Waals surface area contributed by atoms with Gasteiger partial charge in [0.1, 0.15) is 11.5 Å². The number of ether oxygens (including phenoxy) is 1. The number of aryl methyl sites for hydroxylation is 2. The van der Waals surface area contributed by atoms with E-state index in [1.165, 1.54) is 12.1 Å². The van der Waals surface area contributed by atoms with E-state index in [2.05, 4.69) is 0 Å². The zero-order valence-corrected chi connectivity index (χ0v) is 11.4. The molecule has 0 aliphatic carbocycles. The van der Waals surface area contributed by atoms with Gasteiger partial charge in [-0.25, -0.2) is 0 Å². The van der Waals surface area contributed by atoms with Crippen LogP contribution in [0.5, 0.6) is 11.5 Å². The number of nitro groups is 1. The molecule has 0 unspecified atom stereocenters. The van der Waals surface area contributed by atoms with Crippen molar-refractivity contribution in [3.05, 3.63) is 63.2 Å². The summed E-state index contributed by atoms with van der Waals surface area (Å²) in [6.45, 7) is 4.14.